The fourth-order valence-electron chi connectivity index (χ4n) is 2.82. The number of hydrogen-bond donors (Lipinski definition) is 0. The van der Waals surface area contributed by atoms with E-state index in [4.69, 9.17) is 4.74 Å². The molecular formula is C16H30O. The van der Waals surface area contributed by atoms with E-state index in [1.807, 2.05) is 0 Å². The largest absolute Gasteiger partial charge is 0.377 e. The molecule has 0 aliphatic carbocycles. The minimum absolute atomic E-state index is 0.803. The molecule has 100 valence electrons. The number of hydrogen-bond acceptors (Lipinski definition) is 1. The van der Waals surface area contributed by atoms with Gasteiger partial charge in [0, 0.05) is 0 Å². The first-order chi connectivity index (χ1) is 8.29. The highest BCUT2D eigenvalue weighted by Gasteiger charge is 2.18. The topological polar surface area (TPSA) is 9.23 Å². The van der Waals surface area contributed by atoms with Gasteiger partial charge in [0.2, 0.25) is 0 Å². The summed E-state index contributed by atoms with van der Waals surface area (Å²) >= 11 is 0. The highest BCUT2D eigenvalue weighted by molar-refractivity contribution is 5.18. The molecule has 1 unspecified atom stereocenters. The van der Waals surface area contributed by atoms with Crippen molar-refractivity contribution in [3.8, 4) is 0 Å². The van der Waals surface area contributed by atoms with Gasteiger partial charge in [-0.1, -0.05) is 51.5 Å². The molecule has 1 heterocycles. The van der Waals surface area contributed by atoms with Gasteiger partial charge < -0.3 is 4.74 Å². The van der Waals surface area contributed by atoms with Crippen LogP contribution in [0.1, 0.15) is 72.1 Å². The molecule has 17 heavy (non-hydrogen) atoms. The lowest BCUT2D eigenvalue weighted by Gasteiger charge is -2.26. The molecule has 1 rings (SSSR count). The van der Waals surface area contributed by atoms with E-state index in [0.717, 1.165) is 25.6 Å². The van der Waals surface area contributed by atoms with Crippen LogP contribution < -0.4 is 0 Å². The molecule has 0 spiro atoms. The van der Waals surface area contributed by atoms with E-state index >= 15 is 0 Å². The lowest BCUT2D eigenvalue weighted by Crippen LogP contribution is -2.17. The Kier molecular flexibility index (Phi) is 7.59. The number of ether oxygens (including phenoxy) is 1. The maximum atomic E-state index is 5.65. The molecule has 0 aromatic rings. The van der Waals surface area contributed by atoms with Crippen molar-refractivity contribution in [2.45, 2.75) is 72.1 Å². The molecule has 0 N–H and O–H groups in total. The van der Waals surface area contributed by atoms with Crippen molar-refractivity contribution in [2.24, 2.45) is 5.92 Å². The third-order valence-electron chi connectivity index (χ3n) is 3.96. The highest BCUT2D eigenvalue weighted by atomic mass is 16.5. The Hall–Kier alpha value is -0.300. The van der Waals surface area contributed by atoms with E-state index in [9.17, 15) is 0 Å². The van der Waals surface area contributed by atoms with Gasteiger partial charge in [0.25, 0.3) is 0 Å². The van der Waals surface area contributed by atoms with Gasteiger partial charge in [-0.3, -0.25) is 0 Å². The summed E-state index contributed by atoms with van der Waals surface area (Å²) in [6.45, 7) is 8.74. The van der Waals surface area contributed by atoms with Crippen molar-refractivity contribution in [1.82, 2.24) is 0 Å². The average Bonchev–Trinajstić information content (AvgIpc) is 2.34. The Morgan fingerprint density at radius 1 is 1.06 bits per heavy atom. The van der Waals surface area contributed by atoms with Crippen LogP contribution in [0.2, 0.25) is 0 Å². The molecule has 0 aromatic heterocycles. The van der Waals surface area contributed by atoms with Crippen LogP contribution in [0.3, 0.4) is 0 Å². The van der Waals surface area contributed by atoms with Crippen LogP contribution in [-0.4, -0.2) is 13.2 Å². The number of rotatable bonds is 8. The zero-order chi connectivity index (χ0) is 12.5. The molecule has 1 aliphatic heterocycles. The Labute approximate surface area is 108 Å². The third-order valence-corrected chi connectivity index (χ3v) is 3.96. The monoisotopic (exact) mass is 238 g/mol. The lowest BCUT2D eigenvalue weighted by molar-refractivity contribution is 0.136. The second kappa shape index (κ2) is 8.74. The molecule has 0 radical (unpaired) electrons. The zero-order valence-electron chi connectivity index (χ0n) is 12.1. The van der Waals surface area contributed by atoms with Crippen molar-refractivity contribution >= 4 is 0 Å². The average molecular weight is 238 g/mol. The second-order valence-corrected chi connectivity index (χ2v) is 5.44. The van der Waals surface area contributed by atoms with Crippen LogP contribution >= 0.6 is 0 Å². The molecule has 0 fully saturated rings. The minimum atomic E-state index is 0.803. The summed E-state index contributed by atoms with van der Waals surface area (Å²) in [6.07, 6.45) is 10.7. The van der Waals surface area contributed by atoms with Gasteiger partial charge in [-0.2, -0.15) is 0 Å². The minimum Gasteiger partial charge on any atom is -0.377 e. The molecule has 1 atom stereocenters. The van der Waals surface area contributed by atoms with Crippen LogP contribution in [0, 0.1) is 5.92 Å². The highest BCUT2D eigenvalue weighted by Crippen LogP contribution is 2.29. The Balaban J connectivity index is 2.46. The molecule has 0 amide bonds. The third kappa shape index (κ3) is 5.25. The van der Waals surface area contributed by atoms with Crippen LogP contribution in [0.15, 0.2) is 11.1 Å². The molecule has 0 saturated carbocycles. The van der Waals surface area contributed by atoms with Crippen molar-refractivity contribution < 1.29 is 4.74 Å². The summed E-state index contributed by atoms with van der Waals surface area (Å²) in [5, 5.41) is 0. The van der Waals surface area contributed by atoms with Crippen molar-refractivity contribution in [1.29, 1.82) is 0 Å². The molecule has 0 saturated heterocycles. The van der Waals surface area contributed by atoms with Crippen molar-refractivity contribution in [3.05, 3.63) is 11.1 Å². The predicted octanol–water partition coefficient (Wildman–Crippen LogP) is 5.11. The van der Waals surface area contributed by atoms with Gasteiger partial charge in [-0.15, -0.1) is 0 Å². The van der Waals surface area contributed by atoms with E-state index < -0.39 is 0 Å². The maximum absolute atomic E-state index is 5.65. The SMILES string of the molecule is CCCCCCC(CCC)C1=C(C)CCOC1. The smallest absolute Gasteiger partial charge is 0.0682 e. The molecule has 1 aliphatic rings. The van der Waals surface area contributed by atoms with Gasteiger partial charge in [-0.05, 0) is 37.7 Å². The summed E-state index contributed by atoms with van der Waals surface area (Å²) in [5.74, 6) is 0.803. The van der Waals surface area contributed by atoms with E-state index in [1.54, 1.807) is 11.1 Å². The van der Waals surface area contributed by atoms with E-state index in [2.05, 4.69) is 20.8 Å². The van der Waals surface area contributed by atoms with Gasteiger partial charge in [-0.25, -0.2) is 0 Å². The van der Waals surface area contributed by atoms with Gasteiger partial charge >= 0.3 is 0 Å². The molecule has 1 heteroatoms. The van der Waals surface area contributed by atoms with Crippen LogP contribution in [0.5, 0.6) is 0 Å². The fraction of sp³-hybridized carbons (Fsp3) is 0.875. The molecule has 0 aromatic carbocycles. The van der Waals surface area contributed by atoms with Crippen molar-refractivity contribution in [3.63, 3.8) is 0 Å². The normalized spacial score (nSPS) is 18.5. The van der Waals surface area contributed by atoms with E-state index in [0.29, 0.717) is 0 Å². The predicted molar refractivity (Wildman–Crippen MR) is 75.3 cm³/mol. The fourth-order valence-corrected chi connectivity index (χ4v) is 2.82. The summed E-state index contributed by atoms with van der Waals surface area (Å²) in [6, 6.07) is 0. The standard InChI is InChI=1S/C16H30O/c1-4-6-7-8-10-15(9-5-2)16-13-17-12-11-14(16)3/h15H,4-13H2,1-3H3. The summed E-state index contributed by atoms with van der Waals surface area (Å²) in [5.41, 5.74) is 3.25. The first-order valence-electron chi connectivity index (χ1n) is 7.55. The van der Waals surface area contributed by atoms with Crippen LogP contribution in [0.25, 0.3) is 0 Å². The lowest BCUT2D eigenvalue weighted by atomic mass is 9.85. The van der Waals surface area contributed by atoms with Crippen LogP contribution in [0.4, 0.5) is 0 Å². The van der Waals surface area contributed by atoms with E-state index in [1.165, 1.54) is 44.9 Å². The summed E-state index contributed by atoms with van der Waals surface area (Å²) < 4.78 is 5.65. The Bertz CT molecular complexity index is 230. The van der Waals surface area contributed by atoms with Crippen molar-refractivity contribution in [2.75, 3.05) is 13.2 Å². The van der Waals surface area contributed by atoms with Crippen LogP contribution in [-0.2, 0) is 4.74 Å². The number of unbranched alkanes of at least 4 members (excludes halogenated alkanes) is 3. The molecule has 0 bridgehead atoms. The maximum Gasteiger partial charge on any atom is 0.0682 e. The quantitative estimate of drug-likeness (QED) is 0.422. The molecular weight excluding hydrogens is 208 g/mol. The summed E-state index contributed by atoms with van der Waals surface area (Å²) in [7, 11) is 0. The Morgan fingerprint density at radius 3 is 2.53 bits per heavy atom. The molecule has 1 nitrogen and oxygen atoms in total. The first kappa shape index (κ1) is 14.8. The van der Waals surface area contributed by atoms with Gasteiger partial charge in [0.15, 0.2) is 0 Å². The zero-order valence-corrected chi connectivity index (χ0v) is 12.1. The second-order valence-electron chi connectivity index (χ2n) is 5.44. The first-order valence-corrected chi connectivity index (χ1v) is 7.55. The van der Waals surface area contributed by atoms with Gasteiger partial charge in [0.1, 0.15) is 0 Å². The Morgan fingerprint density at radius 2 is 1.88 bits per heavy atom. The summed E-state index contributed by atoms with van der Waals surface area (Å²) in [4.78, 5) is 0. The van der Waals surface area contributed by atoms with Gasteiger partial charge in [0.05, 0.1) is 13.2 Å². The van der Waals surface area contributed by atoms with E-state index in [-0.39, 0.29) is 0 Å².